The molecule has 1 amide bonds. The number of hydrogen-bond donors (Lipinski definition) is 0. The van der Waals surface area contributed by atoms with Gasteiger partial charge in [0.2, 0.25) is 0 Å². The van der Waals surface area contributed by atoms with Gasteiger partial charge in [0.05, 0.1) is 18.0 Å². The molecule has 0 fully saturated rings. The molecule has 0 unspecified atom stereocenters. The van der Waals surface area contributed by atoms with Crippen molar-refractivity contribution in [2.45, 2.75) is 38.6 Å². The first-order chi connectivity index (χ1) is 11.1. The van der Waals surface area contributed by atoms with E-state index in [1.165, 1.54) is 23.3 Å². The van der Waals surface area contributed by atoms with Crippen LogP contribution in [0.4, 0.5) is 0 Å². The largest absolute Gasteiger partial charge is 0.496 e. The molecule has 1 aromatic heterocycles. The average molecular weight is 329 g/mol. The van der Waals surface area contributed by atoms with E-state index in [9.17, 15) is 4.79 Å². The van der Waals surface area contributed by atoms with Crippen LogP contribution in [0.15, 0.2) is 30.3 Å². The Balaban J connectivity index is 1.82. The Bertz CT molecular complexity index is 684. The van der Waals surface area contributed by atoms with Crippen LogP contribution >= 0.6 is 11.3 Å². The van der Waals surface area contributed by atoms with Crippen molar-refractivity contribution < 1.29 is 9.53 Å². The van der Waals surface area contributed by atoms with Crippen LogP contribution < -0.4 is 4.74 Å². The first-order valence-electron chi connectivity index (χ1n) is 8.13. The number of benzene rings is 1. The van der Waals surface area contributed by atoms with Gasteiger partial charge in [0, 0.05) is 17.5 Å². The van der Waals surface area contributed by atoms with Gasteiger partial charge in [-0.2, -0.15) is 0 Å². The average Bonchev–Trinajstić information content (AvgIpc) is 3.03. The number of hydrogen-bond acceptors (Lipinski definition) is 3. The number of rotatable bonds is 4. The second-order valence-corrected chi connectivity index (χ2v) is 7.24. The quantitative estimate of drug-likeness (QED) is 0.828. The highest BCUT2D eigenvalue weighted by Gasteiger charge is 2.24. The number of carbonyl (C=O) groups excluding carboxylic acids is 1. The van der Waals surface area contributed by atoms with E-state index in [0.717, 1.165) is 29.0 Å². The lowest BCUT2D eigenvalue weighted by Crippen LogP contribution is -2.29. The van der Waals surface area contributed by atoms with Crippen molar-refractivity contribution >= 4 is 17.2 Å². The highest BCUT2D eigenvalue weighted by atomic mass is 32.1. The third-order valence-corrected chi connectivity index (χ3v) is 5.92. The monoisotopic (exact) mass is 329 g/mol. The second kappa shape index (κ2) is 6.75. The summed E-state index contributed by atoms with van der Waals surface area (Å²) in [6.07, 6.45) is 4.73. The number of fused-ring (bicyclic) bond motifs is 1. The number of thiophene rings is 1. The molecule has 0 N–H and O–H groups in total. The molecular formula is C19H23NO2S. The van der Waals surface area contributed by atoms with Crippen molar-refractivity contribution in [3.63, 3.8) is 0 Å². The summed E-state index contributed by atoms with van der Waals surface area (Å²) in [4.78, 5) is 17.0. The maximum absolute atomic E-state index is 12.9. The number of amides is 1. The van der Waals surface area contributed by atoms with Gasteiger partial charge in [-0.1, -0.05) is 18.2 Å². The Morgan fingerprint density at radius 1 is 1.26 bits per heavy atom. The lowest BCUT2D eigenvalue weighted by atomic mass is 9.99. The maximum atomic E-state index is 12.9. The predicted molar refractivity (Wildman–Crippen MR) is 94.5 cm³/mol. The second-order valence-electron chi connectivity index (χ2n) is 6.10. The van der Waals surface area contributed by atoms with Gasteiger partial charge in [-0.3, -0.25) is 4.79 Å². The van der Waals surface area contributed by atoms with Gasteiger partial charge >= 0.3 is 0 Å². The summed E-state index contributed by atoms with van der Waals surface area (Å²) < 4.78 is 5.43. The van der Waals surface area contributed by atoms with Crippen LogP contribution in [0.1, 0.15) is 51.5 Å². The third-order valence-electron chi connectivity index (χ3n) is 4.70. The Labute approximate surface area is 141 Å². The van der Waals surface area contributed by atoms with Crippen LogP contribution in [-0.2, 0) is 12.8 Å². The van der Waals surface area contributed by atoms with E-state index < -0.39 is 0 Å². The number of para-hydroxylation sites is 1. The number of aryl methyl sites for hydroxylation is 2. The normalized spacial score (nSPS) is 14.9. The summed E-state index contributed by atoms with van der Waals surface area (Å²) >= 11 is 1.67. The van der Waals surface area contributed by atoms with E-state index in [1.54, 1.807) is 18.4 Å². The zero-order valence-corrected chi connectivity index (χ0v) is 14.8. The molecule has 1 aromatic carbocycles. The van der Waals surface area contributed by atoms with E-state index in [1.807, 2.05) is 43.1 Å². The molecule has 0 bridgehead atoms. The molecule has 23 heavy (non-hydrogen) atoms. The van der Waals surface area contributed by atoms with Crippen LogP contribution in [0.25, 0.3) is 0 Å². The smallest absolute Gasteiger partial charge is 0.264 e. The Kier molecular flexibility index (Phi) is 4.71. The van der Waals surface area contributed by atoms with Crippen LogP contribution in [0.2, 0.25) is 0 Å². The van der Waals surface area contributed by atoms with Gasteiger partial charge in [-0.15, -0.1) is 11.3 Å². The summed E-state index contributed by atoms with van der Waals surface area (Å²) in [7, 11) is 3.54. The van der Waals surface area contributed by atoms with E-state index >= 15 is 0 Å². The minimum atomic E-state index is -0.0298. The fourth-order valence-corrected chi connectivity index (χ4v) is 4.40. The first kappa shape index (κ1) is 16.1. The summed E-state index contributed by atoms with van der Waals surface area (Å²) in [6, 6.07) is 9.96. The SMILES string of the molecule is COc1ccccc1[C@@H](C)N(C)C(=O)c1cc2c(s1)CCCC2. The highest BCUT2D eigenvalue weighted by Crippen LogP contribution is 2.33. The van der Waals surface area contributed by atoms with E-state index in [4.69, 9.17) is 4.74 Å². The number of ether oxygens (including phenoxy) is 1. The summed E-state index contributed by atoms with van der Waals surface area (Å²) in [5.74, 6) is 0.924. The van der Waals surface area contributed by atoms with Gasteiger partial charge in [0.15, 0.2) is 0 Å². The Morgan fingerprint density at radius 2 is 2.00 bits per heavy atom. The van der Waals surface area contributed by atoms with Crippen molar-refractivity contribution in [1.82, 2.24) is 4.90 Å². The van der Waals surface area contributed by atoms with Crippen molar-refractivity contribution in [3.8, 4) is 5.75 Å². The molecule has 0 saturated heterocycles. The number of carbonyl (C=O) groups is 1. The summed E-state index contributed by atoms with van der Waals surface area (Å²) in [6.45, 7) is 2.04. The van der Waals surface area contributed by atoms with Gasteiger partial charge in [-0.25, -0.2) is 0 Å². The molecule has 1 atom stereocenters. The molecule has 0 aliphatic heterocycles. The van der Waals surface area contributed by atoms with Crippen molar-refractivity contribution in [2.75, 3.05) is 14.2 Å². The maximum Gasteiger partial charge on any atom is 0.264 e. The molecule has 0 saturated carbocycles. The fourth-order valence-electron chi connectivity index (χ4n) is 3.17. The Hall–Kier alpha value is -1.81. The third kappa shape index (κ3) is 3.13. The lowest BCUT2D eigenvalue weighted by Gasteiger charge is -2.26. The topological polar surface area (TPSA) is 29.5 Å². The number of methoxy groups -OCH3 is 1. The Morgan fingerprint density at radius 3 is 2.74 bits per heavy atom. The zero-order chi connectivity index (χ0) is 16.4. The standard InChI is InChI=1S/C19H23NO2S/c1-13(15-9-5-6-10-16(15)22-3)20(2)19(21)18-12-14-8-4-7-11-17(14)23-18/h5-6,9-10,12-13H,4,7-8,11H2,1-3H3/t13-/m1/s1. The van der Waals surface area contributed by atoms with E-state index in [-0.39, 0.29) is 11.9 Å². The van der Waals surface area contributed by atoms with Gasteiger partial charge in [-0.05, 0) is 50.3 Å². The molecule has 2 aromatic rings. The van der Waals surface area contributed by atoms with Crippen molar-refractivity contribution in [3.05, 3.63) is 51.2 Å². The molecule has 1 aliphatic carbocycles. The first-order valence-corrected chi connectivity index (χ1v) is 8.95. The van der Waals surface area contributed by atoms with Gasteiger partial charge < -0.3 is 9.64 Å². The highest BCUT2D eigenvalue weighted by molar-refractivity contribution is 7.14. The van der Waals surface area contributed by atoms with Gasteiger partial charge in [0.25, 0.3) is 5.91 Å². The fraction of sp³-hybridized carbons (Fsp3) is 0.421. The predicted octanol–water partition coefficient (Wildman–Crippen LogP) is 4.47. The molecule has 0 spiro atoms. The summed E-state index contributed by atoms with van der Waals surface area (Å²) in [5, 5.41) is 0. The summed E-state index contributed by atoms with van der Waals surface area (Å²) in [5.41, 5.74) is 2.41. The zero-order valence-electron chi connectivity index (χ0n) is 14.0. The van der Waals surface area contributed by atoms with E-state index in [2.05, 4.69) is 6.07 Å². The molecule has 1 aliphatic rings. The van der Waals surface area contributed by atoms with Crippen LogP contribution in [0.3, 0.4) is 0 Å². The molecule has 4 heteroatoms. The minimum absolute atomic E-state index is 0.0298. The van der Waals surface area contributed by atoms with Gasteiger partial charge in [0.1, 0.15) is 5.75 Å². The molecule has 1 heterocycles. The van der Waals surface area contributed by atoms with Crippen LogP contribution in [0, 0.1) is 0 Å². The molecule has 122 valence electrons. The van der Waals surface area contributed by atoms with E-state index in [0.29, 0.717) is 0 Å². The lowest BCUT2D eigenvalue weighted by molar-refractivity contribution is 0.0746. The molecule has 0 radical (unpaired) electrons. The van der Waals surface area contributed by atoms with Crippen molar-refractivity contribution in [2.24, 2.45) is 0 Å². The molecule has 3 nitrogen and oxygen atoms in total. The minimum Gasteiger partial charge on any atom is -0.496 e. The molecular weight excluding hydrogens is 306 g/mol. The van der Waals surface area contributed by atoms with Crippen LogP contribution in [0.5, 0.6) is 5.75 Å². The molecule has 3 rings (SSSR count). The van der Waals surface area contributed by atoms with Crippen molar-refractivity contribution in [1.29, 1.82) is 0 Å². The van der Waals surface area contributed by atoms with Crippen LogP contribution in [-0.4, -0.2) is 25.0 Å². The number of nitrogens with zero attached hydrogens (tertiary/aromatic N) is 1.